The van der Waals surface area contributed by atoms with Crippen LogP contribution in [0.1, 0.15) is 22.6 Å². The molecule has 1 amide bonds. The van der Waals surface area contributed by atoms with E-state index in [1.807, 2.05) is 97.1 Å². The van der Waals surface area contributed by atoms with Gasteiger partial charge in [0.15, 0.2) is 0 Å². The summed E-state index contributed by atoms with van der Waals surface area (Å²) in [4.78, 5) is 12.7. The average molecular weight is 340 g/mol. The standard InChI is InChI=1S/C23H20N2O/c26-23(25-24-18-10-13-19-11-4-1-5-12-19)22(20-14-6-2-7-15-20)21-16-8-3-9-17-21/h1-18,22H,(H,25,26)/b13-10+,24-18+. The predicted octanol–water partition coefficient (Wildman–Crippen LogP) is 4.63. The molecule has 26 heavy (non-hydrogen) atoms. The lowest BCUT2D eigenvalue weighted by Gasteiger charge is -2.16. The predicted molar refractivity (Wildman–Crippen MR) is 107 cm³/mol. The van der Waals surface area contributed by atoms with Crippen molar-refractivity contribution in [3.8, 4) is 0 Å². The van der Waals surface area contributed by atoms with Crippen molar-refractivity contribution in [1.29, 1.82) is 0 Å². The number of allylic oxidation sites excluding steroid dienone is 1. The summed E-state index contributed by atoms with van der Waals surface area (Å²) in [6, 6.07) is 29.4. The van der Waals surface area contributed by atoms with Crippen molar-refractivity contribution < 1.29 is 4.79 Å². The number of hydrazone groups is 1. The van der Waals surface area contributed by atoms with Crippen LogP contribution in [-0.2, 0) is 4.79 Å². The lowest BCUT2D eigenvalue weighted by molar-refractivity contribution is -0.121. The minimum atomic E-state index is -0.396. The third kappa shape index (κ3) is 4.77. The van der Waals surface area contributed by atoms with Crippen LogP contribution >= 0.6 is 0 Å². The van der Waals surface area contributed by atoms with E-state index in [0.717, 1.165) is 16.7 Å². The highest BCUT2D eigenvalue weighted by Crippen LogP contribution is 2.24. The molecule has 3 aromatic rings. The first kappa shape index (κ1) is 17.4. The van der Waals surface area contributed by atoms with E-state index in [0.29, 0.717) is 0 Å². The molecule has 0 aromatic heterocycles. The minimum Gasteiger partial charge on any atom is -0.272 e. The van der Waals surface area contributed by atoms with Crippen LogP contribution in [0.25, 0.3) is 6.08 Å². The smallest absolute Gasteiger partial charge is 0.252 e. The Bertz CT molecular complexity index is 832. The van der Waals surface area contributed by atoms with Gasteiger partial charge in [0.2, 0.25) is 0 Å². The van der Waals surface area contributed by atoms with Crippen LogP contribution < -0.4 is 5.43 Å². The molecule has 0 aliphatic rings. The van der Waals surface area contributed by atoms with Crippen molar-refractivity contribution in [3.05, 3.63) is 114 Å². The van der Waals surface area contributed by atoms with Gasteiger partial charge in [0.25, 0.3) is 5.91 Å². The second-order valence-electron chi connectivity index (χ2n) is 5.78. The summed E-state index contributed by atoms with van der Waals surface area (Å²) < 4.78 is 0. The number of hydrogen-bond donors (Lipinski definition) is 1. The first-order valence-corrected chi connectivity index (χ1v) is 8.49. The SMILES string of the molecule is O=C(N/N=C/C=C/c1ccccc1)C(c1ccccc1)c1ccccc1. The summed E-state index contributed by atoms with van der Waals surface area (Å²) in [6.45, 7) is 0. The molecule has 3 heteroatoms. The van der Waals surface area contributed by atoms with Gasteiger partial charge in [-0.15, -0.1) is 0 Å². The van der Waals surface area contributed by atoms with E-state index in [1.54, 1.807) is 12.3 Å². The summed E-state index contributed by atoms with van der Waals surface area (Å²) in [5.74, 6) is -0.556. The molecule has 128 valence electrons. The molecule has 0 spiro atoms. The van der Waals surface area contributed by atoms with Gasteiger partial charge in [-0.05, 0) is 22.8 Å². The van der Waals surface area contributed by atoms with Crippen LogP contribution in [0.2, 0.25) is 0 Å². The topological polar surface area (TPSA) is 41.5 Å². The quantitative estimate of drug-likeness (QED) is 0.516. The fraction of sp³-hybridized carbons (Fsp3) is 0.0435. The van der Waals surface area contributed by atoms with Gasteiger partial charge in [0.1, 0.15) is 0 Å². The molecule has 0 bridgehead atoms. The number of benzene rings is 3. The highest BCUT2D eigenvalue weighted by atomic mass is 16.2. The van der Waals surface area contributed by atoms with Gasteiger partial charge < -0.3 is 0 Å². The highest BCUT2D eigenvalue weighted by Gasteiger charge is 2.21. The molecule has 0 saturated carbocycles. The Hall–Kier alpha value is -3.46. The van der Waals surface area contributed by atoms with Crippen molar-refractivity contribution in [2.24, 2.45) is 5.10 Å². The largest absolute Gasteiger partial charge is 0.272 e. The Morgan fingerprint density at radius 1 is 0.769 bits per heavy atom. The summed E-state index contributed by atoms with van der Waals surface area (Å²) in [5, 5.41) is 4.05. The number of amides is 1. The maximum absolute atomic E-state index is 12.7. The second-order valence-corrected chi connectivity index (χ2v) is 5.78. The Morgan fingerprint density at radius 3 is 1.81 bits per heavy atom. The molecule has 0 saturated heterocycles. The van der Waals surface area contributed by atoms with Crippen LogP contribution in [0, 0.1) is 0 Å². The normalized spacial score (nSPS) is 11.3. The van der Waals surface area contributed by atoms with E-state index >= 15 is 0 Å². The molecule has 0 aliphatic heterocycles. The molecule has 0 heterocycles. The molecule has 0 aliphatic carbocycles. The second kappa shape index (κ2) is 9.14. The van der Waals surface area contributed by atoms with E-state index < -0.39 is 5.92 Å². The molecule has 3 nitrogen and oxygen atoms in total. The monoisotopic (exact) mass is 340 g/mol. The van der Waals surface area contributed by atoms with Gasteiger partial charge in [-0.2, -0.15) is 5.10 Å². The van der Waals surface area contributed by atoms with Crippen molar-refractivity contribution in [2.75, 3.05) is 0 Å². The molecule has 3 rings (SSSR count). The van der Waals surface area contributed by atoms with Crippen molar-refractivity contribution in [1.82, 2.24) is 5.43 Å². The zero-order valence-electron chi connectivity index (χ0n) is 14.3. The van der Waals surface area contributed by atoms with Crippen LogP contribution in [0.15, 0.2) is 102 Å². The molecule has 3 aromatic carbocycles. The van der Waals surface area contributed by atoms with Crippen molar-refractivity contribution >= 4 is 18.2 Å². The van der Waals surface area contributed by atoms with Gasteiger partial charge in [0, 0.05) is 6.21 Å². The van der Waals surface area contributed by atoms with E-state index in [1.165, 1.54) is 0 Å². The molecule has 0 fully saturated rings. The molecule has 1 N–H and O–H groups in total. The number of carbonyl (C=O) groups excluding carboxylic acids is 1. The fourth-order valence-corrected chi connectivity index (χ4v) is 2.71. The maximum atomic E-state index is 12.7. The van der Waals surface area contributed by atoms with Crippen LogP contribution in [0.5, 0.6) is 0 Å². The van der Waals surface area contributed by atoms with E-state index in [4.69, 9.17) is 0 Å². The molecule has 0 atom stereocenters. The first-order chi connectivity index (χ1) is 12.8. The zero-order valence-corrected chi connectivity index (χ0v) is 14.3. The van der Waals surface area contributed by atoms with Gasteiger partial charge >= 0.3 is 0 Å². The number of rotatable bonds is 6. The fourth-order valence-electron chi connectivity index (χ4n) is 2.71. The third-order valence-electron chi connectivity index (χ3n) is 3.95. The third-order valence-corrected chi connectivity index (χ3v) is 3.95. The van der Waals surface area contributed by atoms with E-state index in [2.05, 4.69) is 10.5 Å². The molecular weight excluding hydrogens is 320 g/mol. The van der Waals surface area contributed by atoms with E-state index in [9.17, 15) is 4.79 Å². The van der Waals surface area contributed by atoms with Crippen molar-refractivity contribution in [3.63, 3.8) is 0 Å². The molecule has 0 unspecified atom stereocenters. The van der Waals surface area contributed by atoms with Gasteiger partial charge in [0.05, 0.1) is 5.92 Å². The lowest BCUT2D eigenvalue weighted by atomic mass is 9.91. The van der Waals surface area contributed by atoms with Crippen molar-refractivity contribution in [2.45, 2.75) is 5.92 Å². The Kier molecular flexibility index (Phi) is 6.10. The molecule has 0 radical (unpaired) electrons. The first-order valence-electron chi connectivity index (χ1n) is 8.49. The van der Waals surface area contributed by atoms with Gasteiger partial charge in [-0.25, -0.2) is 5.43 Å². The summed E-state index contributed by atoms with van der Waals surface area (Å²) >= 11 is 0. The zero-order chi connectivity index (χ0) is 18.0. The number of carbonyl (C=O) groups is 1. The van der Waals surface area contributed by atoms with Crippen LogP contribution in [0.3, 0.4) is 0 Å². The summed E-state index contributed by atoms with van der Waals surface area (Å²) in [5.41, 5.74) is 5.60. The number of nitrogens with one attached hydrogen (secondary N) is 1. The average Bonchev–Trinajstić information content (AvgIpc) is 2.70. The number of hydrogen-bond acceptors (Lipinski definition) is 2. The highest BCUT2D eigenvalue weighted by molar-refractivity contribution is 5.88. The Balaban J connectivity index is 1.70. The van der Waals surface area contributed by atoms with Crippen LogP contribution in [-0.4, -0.2) is 12.1 Å². The van der Waals surface area contributed by atoms with E-state index in [-0.39, 0.29) is 5.91 Å². The molecular formula is C23H20N2O. The summed E-state index contributed by atoms with van der Waals surface area (Å²) in [7, 11) is 0. The van der Waals surface area contributed by atoms with Crippen LogP contribution in [0.4, 0.5) is 0 Å². The maximum Gasteiger partial charge on any atom is 0.252 e. The Labute approximate surface area is 153 Å². The summed E-state index contributed by atoms with van der Waals surface area (Å²) in [6.07, 6.45) is 5.31. The Morgan fingerprint density at radius 2 is 1.27 bits per heavy atom. The van der Waals surface area contributed by atoms with Gasteiger partial charge in [-0.1, -0.05) is 97.1 Å². The lowest BCUT2D eigenvalue weighted by Crippen LogP contribution is -2.26. The van der Waals surface area contributed by atoms with Gasteiger partial charge in [-0.3, -0.25) is 4.79 Å². The minimum absolute atomic E-state index is 0.160. The number of nitrogens with zero attached hydrogens (tertiary/aromatic N) is 1.